The third-order valence-electron chi connectivity index (χ3n) is 3.73. The van der Waals surface area contributed by atoms with Gasteiger partial charge in [-0.1, -0.05) is 30.3 Å². The first-order valence-corrected chi connectivity index (χ1v) is 7.58. The average Bonchev–Trinajstić information content (AvgIpc) is 2.61. The number of hydrogen-bond donors (Lipinski definition) is 0. The Morgan fingerprint density at radius 3 is 2.43 bits per heavy atom. The first kappa shape index (κ1) is 16.9. The Labute approximate surface area is 137 Å². The summed E-state index contributed by atoms with van der Waals surface area (Å²) >= 11 is 0. The number of hydrogen-bond acceptors (Lipinski definition) is 4. The van der Waals surface area contributed by atoms with Gasteiger partial charge >= 0.3 is 5.97 Å². The van der Waals surface area contributed by atoms with E-state index in [4.69, 9.17) is 14.2 Å². The fraction of sp³-hybridized carbons (Fsp3) is 0.316. The van der Waals surface area contributed by atoms with Crippen molar-refractivity contribution in [2.75, 3.05) is 20.8 Å². The Balaban J connectivity index is 1.99. The Morgan fingerprint density at radius 2 is 1.78 bits per heavy atom. The van der Waals surface area contributed by atoms with Gasteiger partial charge in [-0.25, -0.2) is 0 Å². The lowest BCUT2D eigenvalue weighted by atomic mass is 10.00. The molecule has 0 aliphatic carbocycles. The number of carbonyl (C=O) groups is 1. The van der Waals surface area contributed by atoms with E-state index in [1.54, 1.807) is 26.4 Å². The number of rotatable bonds is 7. The van der Waals surface area contributed by atoms with Crippen LogP contribution in [0.3, 0.4) is 0 Å². The van der Waals surface area contributed by atoms with Crippen molar-refractivity contribution in [2.45, 2.75) is 19.3 Å². The Kier molecular flexibility index (Phi) is 6.03. The quantitative estimate of drug-likeness (QED) is 0.733. The van der Waals surface area contributed by atoms with Crippen molar-refractivity contribution in [3.63, 3.8) is 0 Å². The van der Waals surface area contributed by atoms with Crippen LogP contribution in [0.5, 0.6) is 11.5 Å². The summed E-state index contributed by atoms with van der Waals surface area (Å²) in [7, 11) is 3.17. The summed E-state index contributed by atoms with van der Waals surface area (Å²) in [5.74, 6) is 0.645. The highest BCUT2D eigenvalue weighted by Crippen LogP contribution is 2.31. The molecule has 0 saturated carbocycles. The van der Waals surface area contributed by atoms with Crippen LogP contribution in [0.15, 0.2) is 48.5 Å². The van der Waals surface area contributed by atoms with Crippen LogP contribution >= 0.6 is 0 Å². The maximum absolute atomic E-state index is 12.3. The van der Waals surface area contributed by atoms with Gasteiger partial charge < -0.3 is 14.2 Å². The largest absolute Gasteiger partial charge is 0.497 e. The first-order chi connectivity index (χ1) is 11.2. The van der Waals surface area contributed by atoms with Crippen molar-refractivity contribution in [3.8, 4) is 11.5 Å². The predicted octanol–water partition coefficient (Wildman–Crippen LogP) is 3.59. The second-order valence-electron chi connectivity index (χ2n) is 5.23. The minimum atomic E-state index is -0.421. The van der Waals surface area contributed by atoms with Crippen LogP contribution < -0.4 is 9.47 Å². The fourth-order valence-corrected chi connectivity index (χ4v) is 2.34. The molecule has 122 valence electrons. The van der Waals surface area contributed by atoms with Crippen molar-refractivity contribution >= 4 is 5.97 Å². The molecular weight excluding hydrogens is 292 g/mol. The molecule has 2 aromatic carbocycles. The number of ether oxygens (including phenoxy) is 3. The van der Waals surface area contributed by atoms with Crippen LogP contribution in [0.2, 0.25) is 0 Å². The molecule has 0 heterocycles. The van der Waals surface area contributed by atoms with E-state index in [-0.39, 0.29) is 5.97 Å². The Bertz CT molecular complexity index is 637. The average molecular weight is 314 g/mol. The molecule has 0 spiro atoms. The lowest BCUT2D eigenvalue weighted by Gasteiger charge is -2.16. The van der Waals surface area contributed by atoms with Crippen molar-refractivity contribution in [2.24, 2.45) is 0 Å². The van der Waals surface area contributed by atoms with Crippen LogP contribution in [0, 0.1) is 0 Å². The monoisotopic (exact) mass is 314 g/mol. The third kappa shape index (κ3) is 4.49. The Hall–Kier alpha value is -2.49. The van der Waals surface area contributed by atoms with Gasteiger partial charge in [0.2, 0.25) is 0 Å². The maximum Gasteiger partial charge on any atom is 0.313 e. The molecule has 1 atom stereocenters. The summed E-state index contributed by atoms with van der Waals surface area (Å²) in [4.78, 5) is 12.3. The zero-order valence-corrected chi connectivity index (χ0v) is 13.7. The van der Waals surface area contributed by atoms with Crippen LogP contribution in [0.25, 0.3) is 0 Å². The normalized spacial score (nSPS) is 11.6. The van der Waals surface area contributed by atoms with Gasteiger partial charge in [-0.15, -0.1) is 0 Å². The van der Waals surface area contributed by atoms with E-state index in [1.165, 1.54) is 0 Å². The first-order valence-electron chi connectivity index (χ1n) is 7.58. The van der Waals surface area contributed by atoms with Gasteiger partial charge in [0.15, 0.2) is 0 Å². The standard InChI is InChI=1S/C19H22O4/c1-14(17-13-16(21-2)9-10-18(17)22-3)19(20)23-12-11-15-7-5-4-6-8-15/h4-10,13-14H,11-12H2,1-3H3. The molecule has 0 aliphatic rings. The second-order valence-corrected chi connectivity index (χ2v) is 5.23. The minimum absolute atomic E-state index is 0.271. The van der Waals surface area contributed by atoms with Crippen molar-refractivity contribution in [1.29, 1.82) is 0 Å². The molecule has 2 rings (SSSR count). The highest BCUT2D eigenvalue weighted by atomic mass is 16.5. The molecule has 2 aromatic rings. The zero-order chi connectivity index (χ0) is 16.7. The van der Waals surface area contributed by atoms with Crippen molar-refractivity contribution in [3.05, 3.63) is 59.7 Å². The van der Waals surface area contributed by atoms with E-state index in [0.717, 1.165) is 11.1 Å². The van der Waals surface area contributed by atoms with Gasteiger partial charge in [0.1, 0.15) is 11.5 Å². The van der Waals surface area contributed by atoms with E-state index in [9.17, 15) is 4.79 Å². The lowest BCUT2D eigenvalue weighted by Crippen LogP contribution is -2.15. The summed E-state index contributed by atoms with van der Waals surface area (Å²) in [6, 6.07) is 15.3. The van der Waals surface area contributed by atoms with E-state index in [0.29, 0.717) is 24.5 Å². The number of carbonyl (C=O) groups excluding carboxylic acids is 1. The topological polar surface area (TPSA) is 44.8 Å². The van der Waals surface area contributed by atoms with Gasteiger partial charge in [0.25, 0.3) is 0 Å². The molecule has 1 unspecified atom stereocenters. The molecule has 0 aromatic heterocycles. The third-order valence-corrected chi connectivity index (χ3v) is 3.73. The summed E-state index contributed by atoms with van der Waals surface area (Å²) in [5, 5.41) is 0. The molecule has 0 amide bonds. The van der Waals surface area contributed by atoms with Crippen molar-refractivity contribution in [1.82, 2.24) is 0 Å². The summed E-state index contributed by atoms with van der Waals surface area (Å²) in [5.41, 5.74) is 1.91. The van der Waals surface area contributed by atoms with Crippen molar-refractivity contribution < 1.29 is 19.0 Å². The van der Waals surface area contributed by atoms with E-state index >= 15 is 0 Å². The molecule has 4 heteroatoms. The molecular formula is C19H22O4. The van der Waals surface area contributed by atoms with Gasteiger partial charge in [-0.2, -0.15) is 0 Å². The van der Waals surface area contributed by atoms with E-state index < -0.39 is 5.92 Å². The van der Waals surface area contributed by atoms with Gasteiger partial charge in [-0.3, -0.25) is 4.79 Å². The number of benzene rings is 2. The molecule has 0 bridgehead atoms. The van der Waals surface area contributed by atoms with Gasteiger partial charge in [0.05, 0.1) is 26.7 Å². The maximum atomic E-state index is 12.3. The minimum Gasteiger partial charge on any atom is -0.497 e. The molecule has 0 saturated heterocycles. The summed E-state index contributed by atoms with van der Waals surface area (Å²) in [6.45, 7) is 2.17. The molecule has 0 aliphatic heterocycles. The number of esters is 1. The van der Waals surface area contributed by atoms with Gasteiger partial charge in [0, 0.05) is 12.0 Å². The van der Waals surface area contributed by atoms with E-state index in [2.05, 4.69) is 0 Å². The lowest BCUT2D eigenvalue weighted by molar-refractivity contribution is -0.145. The van der Waals surface area contributed by atoms with Crippen LogP contribution in [-0.2, 0) is 16.0 Å². The summed E-state index contributed by atoms with van der Waals surface area (Å²) in [6.07, 6.45) is 0.703. The van der Waals surface area contributed by atoms with Crippen LogP contribution in [0.4, 0.5) is 0 Å². The van der Waals surface area contributed by atoms with E-state index in [1.807, 2.05) is 43.3 Å². The van der Waals surface area contributed by atoms with Crippen LogP contribution in [0.1, 0.15) is 24.0 Å². The smallest absolute Gasteiger partial charge is 0.313 e. The molecule has 0 N–H and O–H groups in total. The Morgan fingerprint density at radius 1 is 1.04 bits per heavy atom. The SMILES string of the molecule is COc1ccc(OC)c(C(C)C(=O)OCCc2ccccc2)c1. The molecule has 4 nitrogen and oxygen atoms in total. The fourth-order valence-electron chi connectivity index (χ4n) is 2.34. The summed E-state index contributed by atoms with van der Waals surface area (Å²) < 4.78 is 15.9. The molecule has 0 radical (unpaired) electrons. The molecule has 23 heavy (non-hydrogen) atoms. The number of methoxy groups -OCH3 is 2. The molecule has 0 fully saturated rings. The second kappa shape index (κ2) is 8.22. The van der Waals surface area contributed by atoms with Crippen LogP contribution in [-0.4, -0.2) is 26.8 Å². The highest BCUT2D eigenvalue weighted by Gasteiger charge is 2.21. The predicted molar refractivity (Wildman–Crippen MR) is 89.1 cm³/mol. The highest BCUT2D eigenvalue weighted by molar-refractivity contribution is 5.79. The zero-order valence-electron chi connectivity index (χ0n) is 13.7. The van der Waals surface area contributed by atoms with Gasteiger partial charge in [-0.05, 0) is 30.7 Å².